The van der Waals surface area contributed by atoms with E-state index in [-0.39, 0.29) is 0 Å². The van der Waals surface area contributed by atoms with Crippen LogP contribution in [0, 0.1) is 5.92 Å². The molecule has 1 N–H and O–H groups in total. The van der Waals surface area contributed by atoms with E-state index in [0.29, 0.717) is 5.92 Å². The summed E-state index contributed by atoms with van der Waals surface area (Å²) in [4.78, 5) is 4.20. The summed E-state index contributed by atoms with van der Waals surface area (Å²) in [6, 6.07) is 0. The van der Waals surface area contributed by atoms with Crippen molar-refractivity contribution in [1.29, 1.82) is 0 Å². The van der Waals surface area contributed by atoms with Crippen LogP contribution in [0.4, 0.5) is 0 Å². The lowest BCUT2D eigenvalue weighted by Gasteiger charge is -2.38. The van der Waals surface area contributed by atoms with Crippen LogP contribution in [-0.4, -0.2) is 14.7 Å². The molecule has 72 valence electrons. The summed E-state index contributed by atoms with van der Waals surface area (Å²) in [6.45, 7) is 1.87. The Hall–Kier alpha value is -0.830. The topological polar surface area (TPSA) is 38.0 Å². The molecular formula is C10H16N2O. The molecule has 2 rings (SSSR count). The average molecular weight is 180 g/mol. The molecule has 0 aliphatic heterocycles. The predicted molar refractivity (Wildman–Crippen MR) is 50.1 cm³/mol. The number of hydrogen-bond acceptors (Lipinski definition) is 2. The van der Waals surface area contributed by atoms with E-state index in [1.54, 1.807) is 6.20 Å². The summed E-state index contributed by atoms with van der Waals surface area (Å²) >= 11 is 0. The van der Waals surface area contributed by atoms with E-state index in [0.717, 1.165) is 18.7 Å². The highest BCUT2D eigenvalue weighted by Crippen LogP contribution is 2.41. The smallest absolute Gasteiger partial charge is 0.140 e. The Morgan fingerprint density at radius 2 is 2.31 bits per heavy atom. The summed E-state index contributed by atoms with van der Waals surface area (Å²) in [6.07, 6.45) is 7.11. The van der Waals surface area contributed by atoms with Crippen LogP contribution in [0.1, 0.15) is 32.0 Å². The average Bonchev–Trinajstić information content (AvgIpc) is 2.29. The van der Waals surface area contributed by atoms with Crippen LogP contribution in [-0.2, 0) is 12.6 Å². The van der Waals surface area contributed by atoms with Crippen molar-refractivity contribution in [2.75, 3.05) is 0 Å². The van der Waals surface area contributed by atoms with Gasteiger partial charge >= 0.3 is 0 Å². The molecule has 1 atom stereocenters. The fraction of sp³-hybridized carbons (Fsp3) is 0.700. The molecule has 1 fully saturated rings. The lowest BCUT2D eigenvalue weighted by atomic mass is 9.73. The zero-order valence-electron chi connectivity index (χ0n) is 8.20. The highest BCUT2D eigenvalue weighted by atomic mass is 16.3. The Labute approximate surface area is 78.4 Å². The lowest BCUT2D eigenvalue weighted by molar-refractivity contribution is -0.0490. The van der Waals surface area contributed by atoms with Gasteiger partial charge in [0, 0.05) is 19.4 Å². The van der Waals surface area contributed by atoms with Gasteiger partial charge in [-0.25, -0.2) is 4.98 Å². The monoisotopic (exact) mass is 180 g/mol. The van der Waals surface area contributed by atoms with E-state index in [9.17, 15) is 5.11 Å². The van der Waals surface area contributed by atoms with Gasteiger partial charge in [-0.15, -0.1) is 0 Å². The van der Waals surface area contributed by atoms with Gasteiger partial charge in [0.25, 0.3) is 0 Å². The van der Waals surface area contributed by atoms with Gasteiger partial charge in [0.15, 0.2) is 0 Å². The van der Waals surface area contributed by atoms with Crippen molar-refractivity contribution in [2.24, 2.45) is 13.0 Å². The van der Waals surface area contributed by atoms with E-state index in [4.69, 9.17) is 0 Å². The Morgan fingerprint density at radius 3 is 2.69 bits per heavy atom. The first-order valence-electron chi connectivity index (χ1n) is 4.82. The summed E-state index contributed by atoms with van der Waals surface area (Å²) in [5, 5.41) is 10.3. The molecule has 3 heteroatoms. The second-order valence-electron chi connectivity index (χ2n) is 4.14. The van der Waals surface area contributed by atoms with Crippen molar-refractivity contribution in [3.63, 3.8) is 0 Å². The largest absolute Gasteiger partial charge is 0.382 e. The van der Waals surface area contributed by atoms with E-state index in [2.05, 4.69) is 4.98 Å². The normalized spacial score (nSPS) is 22.4. The van der Waals surface area contributed by atoms with Crippen molar-refractivity contribution in [2.45, 2.75) is 31.8 Å². The maximum absolute atomic E-state index is 10.3. The second kappa shape index (κ2) is 2.84. The maximum atomic E-state index is 10.3. The predicted octanol–water partition coefficient (Wildman–Crippen LogP) is 1.43. The van der Waals surface area contributed by atoms with E-state index in [1.165, 1.54) is 6.42 Å². The fourth-order valence-corrected chi connectivity index (χ4v) is 2.01. The molecule has 13 heavy (non-hydrogen) atoms. The molecule has 0 spiro atoms. The third-order valence-electron chi connectivity index (χ3n) is 3.17. The van der Waals surface area contributed by atoms with E-state index >= 15 is 0 Å². The SMILES string of the molecule is Cn1ccnc1C(C)(O)C1CCC1. The van der Waals surface area contributed by atoms with Gasteiger partial charge in [0.2, 0.25) is 0 Å². The van der Waals surface area contributed by atoms with Crippen molar-refractivity contribution in [3.8, 4) is 0 Å². The summed E-state index contributed by atoms with van der Waals surface area (Å²) in [5.41, 5.74) is -0.740. The third-order valence-corrected chi connectivity index (χ3v) is 3.17. The van der Waals surface area contributed by atoms with Gasteiger partial charge < -0.3 is 9.67 Å². The van der Waals surface area contributed by atoms with Gasteiger partial charge in [-0.05, 0) is 25.7 Å². The van der Waals surface area contributed by atoms with Crippen molar-refractivity contribution < 1.29 is 5.11 Å². The minimum atomic E-state index is -0.740. The lowest BCUT2D eigenvalue weighted by Crippen LogP contribution is -2.38. The highest BCUT2D eigenvalue weighted by Gasteiger charge is 2.40. The number of hydrogen-bond donors (Lipinski definition) is 1. The van der Waals surface area contributed by atoms with Crippen LogP contribution in [0.3, 0.4) is 0 Å². The van der Waals surface area contributed by atoms with Crippen molar-refractivity contribution >= 4 is 0 Å². The molecule has 1 unspecified atom stereocenters. The standard InChI is InChI=1S/C10H16N2O/c1-10(13,8-4-3-5-8)9-11-6-7-12(9)2/h6-8,13H,3-5H2,1-2H3. The van der Waals surface area contributed by atoms with Crippen LogP contribution >= 0.6 is 0 Å². The highest BCUT2D eigenvalue weighted by molar-refractivity contribution is 5.06. The third kappa shape index (κ3) is 1.27. The van der Waals surface area contributed by atoms with Crippen LogP contribution < -0.4 is 0 Å². The summed E-state index contributed by atoms with van der Waals surface area (Å²) in [7, 11) is 1.93. The molecule has 1 aromatic heterocycles. The van der Waals surface area contributed by atoms with Crippen LogP contribution in [0.2, 0.25) is 0 Å². The zero-order valence-corrected chi connectivity index (χ0v) is 8.20. The minimum Gasteiger partial charge on any atom is -0.382 e. The molecular weight excluding hydrogens is 164 g/mol. The first kappa shape index (κ1) is 8.75. The molecule has 0 saturated heterocycles. The van der Waals surface area contributed by atoms with Crippen LogP contribution in [0.5, 0.6) is 0 Å². The minimum absolute atomic E-state index is 0.397. The van der Waals surface area contributed by atoms with E-state index in [1.807, 2.05) is 24.7 Å². The van der Waals surface area contributed by atoms with Gasteiger partial charge in [0.1, 0.15) is 11.4 Å². The second-order valence-corrected chi connectivity index (χ2v) is 4.14. The Morgan fingerprint density at radius 1 is 1.62 bits per heavy atom. The van der Waals surface area contributed by atoms with E-state index < -0.39 is 5.60 Å². The molecule has 1 aliphatic rings. The summed E-state index contributed by atoms with van der Waals surface area (Å²) < 4.78 is 1.90. The summed E-state index contributed by atoms with van der Waals surface area (Å²) in [5.74, 6) is 1.19. The Balaban J connectivity index is 2.27. The molecule has 1 saturated carbocycles. The number of aryl methyl sites for hydroxylation is 1. The number of rotatable bonds is 2. The molecule has 0 aromatic carbocycles. The molecule has 1 aromatic rings. The van der Waals surface area contributed by atoms with Gasteiger partial charge in [-0.3, -0.25) is 0 Å². The Kier molecular flexibility index (Phi) is 1.91. The number of nitrogens with zero attached hydrogens (tertiary/aromatic N) is 2. The Bertz CT molecular complexity index is 300. The van der Waals surface area contributed by atoms with Gasteiger partial charge in [0.05, 0.1) is 0 Å². The molecule has 0 amide bonds. The number of imidazole rings is 1. The fourth-order valence-electron chi connectivity index (χ4n) is 2.01. The van der Waals surface area contributed by atoms with Gasteiger partial charge in [-0.2, -0.15) is 0 Å². The van der Waals surface area contributed by atoms with Crippen molar-refractivity contribution in [1.82, 2.24) is 9.55 Å². The van der Waals surface area contributed by atoms with Crippen LogP contribution in [0.15, 0.2) is 12.4 Å². The molecule has 0 radical (unpaired) electrons. The van der Waals surface area contributed by atoms with Crippen molar-refractivity contribution in [3.05, 3.63) is 18.2 Å². The quantitative estimate of drug-likeness (QED) is 0.747. The molecule has 1 aliphatic carbocycles. The first-order valence-corrected chi connectivity index (χ1v) is 4.82. The number of aromatic nitrogens is 2. The zero-order chi connectivity index (χ0) is 9.47. The van der Waals surface area contributed by atoms with Gasteiger partial charge in [-0.1, -0.05) is 6.42 Å². The molecule has 3 nitrogen and oxygen atoms in total. The molecule has 1 heterocycles. The first-order chi connectivity index (χ1) is 6.12. The molecule has 0 bridgehead atoms. The maximum Gasteiger partial charge on any atom is 0.140 e. The van der Waals surface area contributed by atoms with Crippen LogP contribution in [0.25, 0.3) is 0 Å². The number of aliphatic hydroxyl groups is 1.